The summed E-state index contributed by atoms with van der Waals surface area (Å²) >= 11 is 0. The zero-order valence-corrected chi connectivity index (χ0v) is 17.3. The highest BCUT2D eigenvalue weighted by atomic mass is 16.5. The van der Waals surface area contributed by atoms with E-state index < -0.39 is 0 Å². The first-order chi connectivity index (χ1) is 14.4. The van der Waals surface area contributed by atoms with Crippen molar-refractivity contribution < 1.29 is 14.6 Å². The maximum atomic E-state index is 13.4. The van der Waals surface area contributed by atoms with Crippen molar-refractivity contribution in [2.45, 2.75) is 32.6 Å². The van der Waals surface area contributed by atoms with Gasteiger partial charge in [-0.05, 0) is 53.3 Å². The highest BCUT2D eigenvalue weighted by Crippen LogP contribution is 2.51. The molecule has 0 saturated heterocycles. The molecule has 1 aromatic heterocycles. The van der Waals surface area contributed by atoms with Crippen LogP contribution in [0.15, 0.2) is 59.9 Å². The fraction of sp³-hybridized carbons (Fsp3) is 0.280. The van der Waals surface area contributed by atoms with E-state index in [2.05, 4.69) is 30.2 Å². The van der Waals surface area contributed by atoms with E-state index in [1.807, 2.05) is 30.3 Å². The van der Waals surface area contributed by atoms with Gasteiger partial charge in [-0.2, -0.15) is 0 Å². The first-order valence-electron chi connectivity index (χ1n) is 10.2. The average molecular weight is 400 g/mol. The molecule has 0 fully saturated rings. The third-order valence-corrected chi connectivity index (χ3v) is 6.15. The number of ketones is 1. The number of phenolic OH excluding ortho intramolecular Hbond substituents is 1. The maximum absolute atomic E-state index is 13.4. The van der Waals surface area contributed by atoms with Crippen molar-refractivity contribution in [1.29, 1.82) is 0 Å². The van der Waals surface area contributed by atoms with E-state index in [9.17, 15) is 9.90 Å². The number of hydrogen-bond donors (Lipinski definition) is 2. The molecule has 0 bridgehead atoms. The lowest BCUT2D eigenvalue weighted by molar-refractivity contribution is -0.118. The molecular formula is C25H24N2O3. The molecule has 0 unspecified atom stereocenters. The third kappa shape index (κ3) is 2.84. The number of carbonyl (C=O) groups excluding carboxylic acids is 1. The number of aromatic nitrogens is 1. The lowest BCUT2D eigenvalue weighted by Gasteiger charge is -2.40. The number of nitrogens with zero attached hydrogens (tertiary/aromatic N) is 1. The van der Waals surface area contributed by atoms with E-state index in [1.54, 1.807) is 12.3 Å². The molecule has 0 spiro atoms. The van der Waals surface area contributed by atoms with Crippen LogP contribution in [0.1, 0.15) is 43.7 Å². The van der Waals surface area contributed by atoms with Gasteiger partial charge >= 0.3 is 0 Å². The van der Waals surface area contributed by atoms with Crippen molar-refractivity contribution in [3.05, 3.63) is 71.1 Å². The fourth-order valence-corrected chi connectivity index (χ4v) is 4.89. The van der Waals surface area contributed by atoms with Crippen molar-refractivity contribution >= 4 is 22.4 Å². The number of carbonyl (C=O) groups is 1. The summed E-state index contributed by atoms with van der Waals surface area (Å²) in [5.74, 6) is 0.400. The number of anilines is 1. The molecule has 2 heterocycles. The Morgan fingerprint density at radius 2 is 2.00 bits per heavy atom. The Morgan fingerprint density at radius 3 is 2.80 bits per heavy atom. The van der Waals surface area contributed by atoms with E-state index in [4.69, 9.17) is 4.74 Å². The number of phenols is 1. The quantitative estimate of drug-likeness (QED) is 0.622. The Balaban J connectivity index is 1.82. The molecule has 0 saturated carbocycles. The van der Waals surface area contributed by atoms with Crippen LogP contribution >= 0.6 is 0 Å². The molecule has 5 nitrogen and oxygen atoms in total. The average Bonchev–Trinajstić information content (AvgIpc) is 2.71. The summed E-state index contributed by atoms with van der Waals surface area (Å²) in [6.45, 7) is 4.27. The topological polar surface area (TPSA) is 71.5 Å². The smallest absolute Gasteiger partial charge is 0.162 e. The second kappa shape index (κ2) is 6.59. The van der Waals surface area contributed by atoms with Crippen LogP contribution in [0, 0.1) is 5.41 Å². The molecular weight excluding hydrogens is 376 g/mol. The summed E-state index contributed by atoms with van der Waals surface area (Å²) in [6, 6.07) is 13.4. The highest BCUT2D eigenvalue weighted by molar-refractivity contribution is 6.04. The van der Waals surface area contributed by atoms with Gasteiger partial charge in [0.15, 0.2) is 17.3 Å². The number of allylic oxidation sites excluding steroid dienone is 2. The molecule has 3 aromatic rings. The highest BCUT2D eigenvalue weighted by Gasteiger charge is 2.41. The zero-order valence-electron chi connectivity index (χ0n) is 17.3. The van der Waals surface area contributed by atoms with Crippen LogP contribution in [0.3, 0.4) is 0 Å². The van der Waals surface area contributed by atoms with Crippen molar-refractivity contribution in [3.8, 4) is 11.5 Å². The van der Waals surface area contributed by atoms with Crippen molar-refractivity contribution in [3.63, 3.8) is 0 Å². The van der Waals surface area contributed by atoms with Crippen LogP contribution < -0.4 is 10.1 Å². The van der Waals surface area contributed by atoms with Crippen LogP contribution in [-0.4, -0.2) is 23.0 Å². The van der Waals surface area contributed by atoms with E-state index in [0.29, 0.717) is 12.2 Å². The summed E-state index contributed by atoms with van der Waals surface area (Å²) < 4.78 is 5.37. The summed E-state index contributed by atoms with van der Waals surface area (Å²) in [5, 5.41) is 14.7. The molecule has 1 aliphatic heterocycles. The second-order valence-electron chi connectivity index (χ2n) is 8.92. The summed E-state index contributed by atoms with van der Waals surface area (Å²) in [7, 11) is 1.54. The van der Waals surface area contributed by atoms with Crippen LogP contribution in [-0.2, 0) is 4.79 Å². The largest absolute Gasteiger partial charge is 0.504 e. The van der Waals surface area contributed by atoms with Crippen LogP contribution in [0.5, 0.6) is 11.5 Å². The van der Waals surface area contributed by atoms with E-state index in [-0.39, 0.29) is 22.9 Å². The van der Waals surface area contributed by atoms with Crippen LogP contribution in [0.25, 0.3) is 10.9 Å². The molecule has 2 aromatic carbocycles. The van der Waals surface area contributed by atoms with E-state index >= 15 is 0 Å². The van der Waals surface area contributed by atoms with Crippen molar-refractivity contribution in [2.75, 3.05) is 12.4 Å². The SMILES string of the molecule is COc1cc([C@@H]2C3=C(CC(C)(C)CC3=O)Nc3ccc4ncccc4c32)ccc1O. The number of Topliss-reactive ketones (excluding diaryl/α,β-unsaturated/α-hetero) is 1. The Kier molecular flexibility index (Phi) is 4.10. The lowest BCUT2D eigenvalue weighted by atomic mass is 9.68. The molecule has 152 valence electrons. The number of ether oxygens (including phenoxy) is 1. The molecule has 2 N–H and O–H groups in total. The molecule has 0 amide bonds. The van der Waals surface area contributed by atoms with Gasteiger partial charge in [0.05, 0.1) is 12.6 Å². The van der Waals surface area contributed by atoms with Gasteiger partial charge in [-0.25, -0.2) is 0 Å². The van der Waals surface area contributed by atoms with E-state index in [0.717, 1.165) is 45.4 Å². The number of aromatic hydroxyl groups is 1. The van der Waals surface area contributed by atoms with Crippen LogP contribution in [0.4, 0.5) is 5.69 Å². The normalized spacial score (nSPS) is 19.8. The van der Waals surface area contributed by atoms with Gasteiger partial charge in [0.1, 0.15) is 0 Å². The Morgan fingerprint density at radius 1 is 1.17 bits per heavy atom. The number of rotatable bonds is 2. The van der Waals surface area contributed by atoms with Crippen molar-refractivity contribution in [2.24, 2.45) is 5.41 Å². The van der Waals surface area contributed by atoms with Gasteiger partial charge in [-0.1, -0.05) is 26.0 Å². The first-order valence-corrected chi connectivity index (χ1v) is 10.2. The summed E-state index contributed by atoms with van der Waals surface area (Å²) in [4.78, 5) is 17.9. The first kappa shape index (κ1) is 18.7. The minimum Gasteiger partial charge on any atom is -0.504 e. The van der Waals surface area contributed by atoms with Crippen LogP contribution in [0.2, 0.25) is 0 Å². The monoisotopic (exact) mass is 400 g/mol. The minimum atomic E-state index is -0.248. The van der Waals surface area contributed by atoms with Gasteiger partial charge in [0.25, 0.3) is 0 Å². The second-order valence-corrected chi connectivity index (χ2v) is 8.92. The maximum Gasteiger partial charge on any atom is 0.162 e. The number of benzene rings is 2. The lowest BCUT2D eigenvalue weighted by Crippen LogP contribution is -2.33. The molecule has 1 aliphatic carbocycles. The number of pyridine rings is 1. The molecule has 5 rings (SSSR count). The Hall–Kier alpha value is -3.34. The summed E-state index contributed by atoms with van der Waals surface area (Å²) in [5.41, 5.74) is 5.56. The van der Waals surface area contributed by atoms with Crippen molar-refractivity contribution in [1.82, 2.24) is 4.98 Å². The molecule has 1 atom stereocenters. The molecule has 2 aliphatic rings. The predicted octanol–water partition coefficient (Wildman–Crippen LogP) is 5.15. The third-order valence-electron chi connectivity index (χ3n) is 6.15. The molecule has 0 radical (unpaired) electrons. The Bertz CT molecular complexity index is 1230. The fourth-order valence-electron chi connectivity index (χ4n) is 4.89. The van der Waals surface area contributed by atoms with Gasteiger partial charge in [-0.3, -0.25) is 9.78 Å². The number of methoxy groups -OCH3 is 1. The number of nitrogens with one attached hydrogen (secondary N) is 1. The molecule has 30 heavy (non-hydrogen) atoms. The molecule has 5 heteroatoms. The number of fused-ring (bicyclic) bond motifs is 3. The van der Waals surface area contributed by atoms with E-state index in [1.165, 1.54) is 7.11 Å². The van der Waals surface area contributed by atoms with Gasteiger partial charge in [0.2, 0.25) is 0 Å². The number of hydrogen-bond acceptors (Lipinski definition) is 5. The predicted molar refractivity (Wildman–Crippen MR) is 117 cm³/mol. The summed E-state index contributed by atoms with van der Waals surface area (Å²) in [6.07, 6.45) is 3.10. The van der Waals surface area contributed by atoms with Gasteiger partial charge in [0, 0.05) is 40.9 Å². The minimum absolute atomic E-state index is 0.0836. The zero-order chi connectivity index (χ0) is 21.0. The Labute approximate surface area is 175 Å². The standard InChI is InChI=1S/C25H24N2O3/c1-25(2)12-18-24(20(29)13-25)22(14-6-9-19(28)21(11-14)30-3)23-15-5-4-10-26-16(15)7-8-17(23)27-18/h4-11,22,27-28H,12-13H2,1-3H3/t22-/m0/s1. The van der Waals surface area contributed by atoms with Gasteiger partial charge < -0.3 is 15.2 Å². The van der Waals surface area contributed by atoms with Gasteiger partial charge in [-0.15, -0.1) is 0 Å².